The molecule has 0 aromatic carbocycles. The summed E-state index contributed by atoms with van der Waals surface area (Å²) >= 11 is 0. The second-order valence-corrected chi connectivity index (χ2v) is 0.521. The molecule has 0 fully saturated rings. The van der Waals surface area contributed by atoms with E-state index in [1.54, 1.807) is 0 Å². The van der Waals surface area contributed by atoms with E-state index in [2.05, 4.69) is 0 Å². The van der Waals surface area contributed by atoms with Crippen molar-refractivity contribution in [2.75, 3.05) is 0 Å². The molecule has 0 rings (SSSR count). The predicted octanol–water partition coefficient (Wildman–Crippen LogP) is 2.41. The van der Waals surface area contributed by atoms with Gasteiger partial charge in [0.05, 0.1) is 0 Å². The lowest BCUT2D eigenvalue weighted by atomic mass is 11.1. The number of hydrogen-bond acceptors (Lipinski definition) is 0. The molecule has 0 heterocycles. The maximum Gasteiger partial charge on any atom is 0.334 e. The van der Waals surface area contributed by atoms with Crippen molar-refractivity contribution in [2.24, 2.45) is 0 Å². The van der Waals surface area contributed by atoms with E-state index in [-0.39, 0.29) is 12.4 Å². The molecule has 0 N–H and O–H groups in total. The molecule has 0 saturated heterocycles. The second-order valence-electron chi connectivity index (χ2n) is 0.521. The number of rotatable bonds is 0. The Morgan fingerprint density at radius 1 is 0.714 bits per heavy atom. The third-order valence-electron chi connectivity index (χ3n) is 0.143. The van der Waals surface area contributed by atoms with Crippen molar-refractivity contribution < 1.29 is 17.6 Å². The van der Waals surface area contributed by atoms with Crippen molar-refractivity contribution in [2.45, 2.75) is 0 Å². The van der Waals surface area contributed by atoms with Crippen LogP contribution in [0.1, 0.15) is 0 Å². The summed E-state index contributed by atoms with van der Waals surface area (Å²) in [5.74, 6) is 0. The molecule has 0 bridgehead atoms. The monoisotopic (exact) mass is 136 g/mol. The highest BCUT2D eigenvalue weighted by molar-refractivity contribution is 5.85. The van der Waals surface area contributed by atoms with Gasteiger partial charge < -0.3 is 0 Å². The van der Waals surface area contributed by atoms with Gasteiger partial charge in [0, 0.05) is 0 Å². The molecule has 0 aromatic heterocycles. The van der Waals surface area contributed by atoms with E-state index in [0.717, 1.165) is 0 Å². The molecule has 7 heavy (non-hydrogen) atoms. The van der Waals surface area contributed by atoms with Crippen LogP contribution in [0, 0.1) is 0 Å². The summed E-state index contributed by atoms with van der Waals surface area (Å²) in [6.07, 6.45) is -5.81. The summed E-state index contributed by atoms with van der Waals surface area (Å²) in [4.78, 5) is 0. The van der Waals surface area contributed by atoms with Crippen molar-refractivity contribution >= 4 is 12.4 Å². The van der Waals surface area contributed by atoms with E-state index in [1.165, 1.54) is 0 Å². The molecule has 0 aliphatic heterocycles. The fourth-order valence-electron chi connectivity index (χ4n) is 0. The van der Waals surface area contributed by atoms with E-state index in [4.69, 9.17) is 0 Å². The first-order chi connectivity index (χ1) is 2.64. The van der Waals surface area contributed by atoms with Crippen LogP contribution in [0.4, 0.5) is 17.6 Å². The molecular formula is C2HClF4. The minimum Gasteiger partial charge on any atom is -0.167 e. The fraction of sp³-hybridized carbons (Fsp3) is 0. The van der Waals surface area contributed by atoms with Crippen LogP contribution in [0.25, 0.3) is 0 Å². The highest BCUT2D eigenvalue weighted by Crippen LogP contribution is 2.08. The van der Waals surface area contributed by atoms with E-state index < -0.39 is 12.2 Å². The van der Waals surface area contributed by atoms with Crippen LogP contribution >= 0.6 is 12.4 Å². The summed E-state index contributed by atoms with van der Waals surface area (Å²) in [5, 5.41) is 0. The van der Waals surface area contributed by atoms with Gasteiger partial charge in [-0.3, -0.25) is 0 Å². The average molecular weight is 136 g/mol. The van der Waals surface area contributed by atoms with Crippen LogP contribution in [0.15, 0.2) is 12.2 Å². The van der Waals surface area contributed by atoms with Gasteiger partial charge in [0.2, 0.25) is 0 Å². The number of halogens is 5. The molecule has 0 aliphatic carbocycles. The standard InChI is InChI=1S/C2F4.ClH/c3-1(4)2(5)6;/h;1H. The third kappa shape index (κ3) is 5.75. The third-order valence-corrected chi connectivity index (χ3v) is 0.143. The van der Waals surface area contributed by atoms with Crippen LogP contribution < -0.4 is 0 Å². The Labute approximate surface area is 43.2 Å². The van der Waals surface area contributed by atoms with Gasteiger partial charge in [0.25, 0.3) is 0 Å². The predicted molar refractivity (Wildman–Crippen MR) is 18.7 cm³/mol. The van der Waals surface area contributed by atoms with Gasteiger partial charge in [-0.15, -0.1) is 12.4 Å². The quantitative estimate of drug-likeness (QED) is 0.449. The molecule has 0 saturated carbocycles. The maximum atomic E-state index is 10.3. The van der Waals surface area contributed by atoms with Crippen molar-refractivity contribution in [3.05, 3.63) is 12.2 Å². The van der Waals surface area contributed by atoms with E-state index in [9.17, 15) is 17.6 Å². The van der Waals surface area contributed by atoms with Crippen molar-refractivity contribution in [3.63, 3.8) is 0 Å². The van der Waals surface area contributed by atoms with Crippen LogP contribution in [0.2, 0.25) is 0 Å². The minimum absolute atomic E-state index is 0. The highest BCUT2D eigenvalue weighted by atomic mass is 35.5. The van der Waals surface area contributed by atoms with Gasteiger partial charge in [-0.25, -0.2) is 0 Å². The Morgan fingerprint density at radius 3 is 0.857 bits per heavy atom. The molecule has 44 valence electrons. The van der Waals surface area contributed by atoms with Gasteiger partial charge in [-0.2, -0.15) is 17.6 Å². The largest absolute Gasteiger partial charge is 0.334 e. The zero-order valence-corrected chi connectivity index (χ0v) is 3.74. The van der Waals surface area contributed by atoms with Gasteiger partial charge >= 0.3 is 12.2 Å². The lowest BCUT2D eigenvalue weighted by molar-refractivity contribution is 0.308. The van der Waals surface area contributed by atoms with Crippen molar-refractivity contribution in [1.82, 2.24) is 0 Å². The van der Waals surface area contributed by atoms with E-state index in [0.29, 0.717) is 0 Å². The first-order valence-corrected chi connectivity index (χ1v) is 1.01. The van der Waals surface area contributed by atoms with Gasteiger partial charge in [0.1, 0.15) is 0 Å². The van der Waals surface area contributed by atoms with Crippen molar-refractivity contribution in [1.29, 1.82) is 0 Å². The number of hydrogen-bond donors (Lipinski definition) is 0. The molecule has 0 nitrogen and oxygen atoms in total. The summed E-state index contributed by atoms with van der Waals surface area (Å²) in [6, 6.07) is 0. The molecule has 0 atom stereocenters. The van der Waals surface area contributed by atoms with E-state index >= 15 is 0 Å². The zero-order valence-electron chi connectivity index (χ0n) is 2.92. The van der Waals surface area contributed by atoms with Gasteiger partial charge in [-0.1, -0.05) is 0 Å². The Morgan fingerprint density at radius 2 is 0.857 bits per heavy atom. The maximum absolute atomic E-state index is 10.3. The lowest BCUT2D eigenvalue weighted by Gasteiger charge is -1.69. The Kier molecular flexibility index (Phi) is 5.54. The zero-order chi connectivity index (χ0) is 5.15. The van der Waals surface area contributed by atoms with Crippen molar-refractivity contribution in [3.8, 4) is 0 Å². The van der Waals surface area contributed by atoms with Crippen LogP contribution in [-0.2, 0) is 0 Å². The lowest BCUT2D eigenvalue weighted by Crippen LogP contribution is -1.56. The SMILES string of the molecule is Cl.FC(F)=C(F)F. The van der Waals surface area contributed by atoms with Crippen LogP contribution in [0.5, 0.6) is 0 Å². The highest BCUT2D eigenvalue weighted by Gasteiger charge is 1.98. The average Bonchev–Trinajstić information content (AvgIpc) is 1.36. The Balaban J connectivity index is 0. The Hall–Kier alpha value is -0.250. The summed E-state index contributed by atoms with van der Waals surface area (Å²) in [7, 11) is 0. The van der Waals surface area contributed by atoms with E-state index in [1.807, 2.05) is 0 Å². The topological polar surface area (TPSA) is 0 Å². The summed E-state index contributed by atoms with van der Waals surface area (Å²) < 4.78 is 41.1. The smallest absolute Gasteiger partial charge is 0.167 e. The van der Waals surface area contributed by atoms with Crippen LogP contribution in [0.3, 0.4) is 0 Å². The normalized spacial score (nSPS) is 6.86. The molecule has 5 heteroatoms. The van der Waals surface area contributed by atoms with Gasteiger partial charge in [-0.05, 0) is 0 Å². The molecule has 0 amide bonds. The Bertz CT molecular complexity index is 59.8. The summed E-state index contributed by atoms with van der Waals surface area (Å²) in [6.45, 7) is 0. The minimum atomic E-state index is -2.91. The molecular weight excluding hydrogens is 135 g/mol. The molecule has 0 spiro atoms. The summed E-state index contributed by atoms with van der Waals surface area (Å²) in [5.41, 5.74) is 0. The molecule has 0 radical (unpaired) electrons. The van der Waals surface area contributed by atoms with Gasteiger partial charge in [0.15, 0.2) is 0 Å². The molecule has 0 aromatic rings. The first kappa shape index (κ1) is 9.89. The molecule has 0 aliphatic rings. The molecule has 0 unspecified atom stereocenters. The second kappa shape index (κ2) is 3.92. The first-order valence-electron chi connectivity index (χ1n) is 1.01. The van der Waals surface area contributed by atoms with Crippen LogP contribution in [-0.4, -0.2) is 0 Å². The fourth-order valence-corrected chi connectivity index (χ4v) is 0.